The average Bonchev–Trinajstić information content (AvgIpc) is 2.88. The Labute approximate surface area is 107 Å². The molecule has 0 amide bonds. The van der Waals surface area contributed by atoms with E-state index in [4.69, 9.17) is 4.52 Å². The van der Waals surface area contributed by atoms with E-state index in [9.17, 15) is 0 Å². The van der Waals surface area contributed by atoms with Crippen LogP contribution in [0.2, 0.25) is 0 Å². The summed E-state index contributed by atoms with van der Waals surface area (Å²) in [5, 5.41) is 7.42. The molecular weight excluding hydrogens is 226 g/mol. The molecule has 4 heteroatoms. The van der Waals surface area contributed by atoms with Crippen molar-refractivity contribution in [1.29, 1.82) is 0 Å². The Kier molecular flexibility index (Phi) is 4.47. The maximum Gasteiger partial charge on any atom is 0.228 e. The normalized spacial score (nSPS) is 12.6. The van der Waals surface area contributed by atoms with Gasteiger partial charge in [0, 0.05) is 18.0 Å². The van der Waals surface area contributed by atoms with Crippen molar-refractivity contribution in [2.45, 2.75) is 32.7 Å². The Bertz CT molecular complexity index is 467. The SMILES string of the molecule is CCNC(CC)Cc1nc(-c2ccccc2)no1. The van der Waals surface area contributed by atoms with Crippen molar-refractivity contribution >= 4 is 0 Å². The molecule has 96 valence electrons. The number of nitrogens with one attached hydrogen (secondary N) is 1. The van der Waals surface area contributed by atoms with Crippen LogP contribution in [0.5, 0.6) is 0 Å². The fraction of sp³-hybridized carbons (Fsp3) is 0.429. The molecule has 1 unspecified atom stereocenters. The van der Waals surface area contributed by atoms with Crippen LogP contribution in [0, 0.1) is 0 Å². The molecule has 0 fully saturated rings. The van der Waals surface area contributed by atoms with Gasteiger partial charge < -0.3 is 9.84 Å². The number of benzene rings is 1. The van der Waals surface area contributed by atoms with E-state index in [-0.39, 0.29) is 0 Å². The molecule has 0 radical (unpaired) electrons. The van der Waals surface area contributed by atoms with Gasteiger partial charge in [-0.2, -0.15) is 4.98 Å². The Morgan fingerprint density at radius 1 is 1.22 bits per heavy atom. The van der Waals surface area contributed by atoms with Crippen molar-refractivity contribution in [3.05, 3.63) is 36.2 Å². The summed E-state index contributed by atoms with van der Waals surface area (Å²) in [5.41, 5.74) is 0.990. The van der Waals surface area contributed by atoms with Gasteiger partial charge >= 0.3 is 0 Å². The van der Waals surface area contributed by atoms with Gasteiger partial charge in [-0.3, -0.25) is 0 Å². The van der Waals surface area contributed by atoms with Crippen molar-refractivity contribution in [1.82, 2.24) is 15.5 Å². The number of hydrogen-bond acceptors (Lipinski definition) is 4. The minimum absolute atomic E-state index is 0.402. The van der Waals surface area contributed by atoms with Gasteiger partial charge in [0.25, 0.3) is 0 Å². The molecule has 1 heterocycles. The predicted molar refractivity (Wildman–Crippen MR) is 71.2 cm³/mol. The zero-order valence-electron chi connectivity index (χ0n) is 10.9. The zero-order valence-corrected chi connectivity index (χ0v) is 10.9. The van der Waals surface area contributed by atoms with Crippen LogP contribution in [0.3, 0.4) is 0 Å². The molecule has 0 spiro atoms. The van der Waals surface area contributed by atoms with Gasteiger partial charge in [0.05, 0.1) is 0 Å². The Morgan fingerprint density at radius 2 is 2.00 bits per heavy atom. The van der Waals surface area contributed by atoms with Crippen LogP contribution in [0.4, 0.5) is 0 Å². The minimum Gasteiger partial charge on any atom is -0.339 e. The molecule has 4 nitrogen and oxygen atoms in total. The van der Waals surface area contributed by atoms with Crippen LogP contribution in [0.15, 0.2) is 34.9 Å². The summed E-state index contributed by atoms with van der Waals surface area (Å²) < 4.78 is 5.30. The summed E-state index contributed by atoms with van der Waals surface area (Å²) in [6.07, 6.45) is 1.83. The molecule has 1 aromatic carbocycles. The lowest BCUT2D eigenvalue weighted by Gasteiger charge is -2.12. The molecule has 1 N–H and O–H groups in total. The number of aromatic nitrogens is 2. The second-order valence-corrected chi connectivity index (χ2v) is 4.24. The molecule has 0 aliphatic rings. The van der Waals surface area contributed by atoms with Crippen LogP contribution in [0.25, 0.3) is 11.4 Å². The maximum absolute atomic E-state index is 5.30. The monoisotopic (exact) mass is 245 g/mol. The van der Waals surface area contributed by atoms with E-state index in [1.807, 2.05) is 30.3 Å². The van der Waals surface area contributed by atoms with Gasteiger partial charge in [-0.05, 0) is 13.0 Å². The summed E-state index contributed by atoms with van der Waals surface area (Å²) in [4.78, 5) is 4.43. The van der Waals surface area contributed by atoms with Crippen LogP contribution < -0.4 is 5.32 Å². The quantitative estimate of drug-likeness (QED) is 0.850. The molecule has 1 aromatic heterocycles. The van der Waals surface area contributed by atoms with Gasteiger partial charge in [0.15, 0.2) is 0 Å². The van der Waals surface area contributed by atoms with Crippen molar-refractivity contribution in [3.8, 4) is 11.4 Å². The topological polar surface area (TPSA) is 51.0 Å². The summed E-state index contributed by atoms with van der Waals surface area (Å²) in [7, 11) is 0. The molecule has 0 saturated heterocycles. The van der Waals surface area contributed by atoms with Gasteiger partial charge in [-0.1, -0.05) is 49.3 Å². The largest absolute Gasteiger partial charge is 0.339 e. The third-order valence-electron chi connectivity index (χ3n) is 2.91. The fourth-order valence-corrected chi connectivity index (χ4v) is 1.90. The van der Waals surface area contributed by atoms with Crippen LogP contribution >= 0.6 is 0 Å². The first-order valence-electron chi connectivity index (χ1n) is 6.44. The molecule has 0 aliphatic heterocycles. The molecule has 0 saturated carbocycles. The molecule has 0 bridgehead atoms. The summed E-state index contributed by atoms with van der Waals surface area (Å²) in [6.45, 7) is 5.21. The highest BCUT2D eigenvalue weighted by Gasteiger charge is 2.12. The first-order chi connectivity index (χ1) is 8.83. The summed E-state index contributed by atoms with van der Waals surface area (Å²) in [5.74, 6) is 1.36. The molecule has 18 heavy (non-hydrogen) atoms. The summed E-state index contributed by atoms with van der Waals surface area (Å²) in [6, 6.07) is 10.3. The minimum atomic E-state index is 0.402. The van der Waals surface area contributed by atoms with Gasteiger partial charge in [0.2, 0.25) is 11.7 Å². The number of nitrogens with zero attached hydrogens (tertiary/aromatic N) is 2. The second-order valence-electron chi connectivity index (χ2n) is 4.24. The first kappa shape index (κ1) is 12.8. The van der Waals surface area contributed by atoms with Crippen LogP contribution in [-0.4, -0.2) is 22.7 Å². The van der Waals surface area contributed by atoms with E-state index in [0.29, 0.717) is 17.8 Å². The maximum atomic E-state index is 5.30. The van der Waals surface area contributed by atoms with Crippen molar-refractivity contribution < 1.29 is 4.52 Å². The lowest BCUT2D eigenvalue weighted by atomic mass is 10.1. The van der Waals surface area contributed by atoms with E-state index in [1.54, 1.807) is 0 Å². The predicted octanol–water partition coefficient (Wildman–Crippen LogP) is 2.67. The van der Waals surface area contributed by atoms with Crippen molar-refractivity contribution in [2.75, 3.05) is 6.54 Å². The highest BCUT2D eigenvalue weighted by Crippen LogP contribution is 2.15. The zero-order chi connectivity index (χ0) is 12.8. The standard InChI is InChI=1S/C14H19N3O/c1-3-12(15-4-2)10-13-16-14(17-18-13)11-8-6-5-7-9-11/h5-9,12,15H,3-4,10H2,1-2H3. The molecule has 0 aliphatic carbocycles. The molecular formula is C14H19N3O. The smallest absolute Gasteiger partial charge is 0.228 e. The number of rotatable bonds is 6. The van der Waals surface area contributed by atoms with E-state index >= 15 is 0 Å². The Hall–Kier alpha value is -1.68. The summed E-state index contributed by atoms with van der Waals surface area (Å²) >= 11 is 0. The number of hydrogen-bond donors (Lipinski definition) is 1. The van der Waals surface area contributed by atoms with Crippen molar-refractivity contribution in [3.63, 3.8) is 0 Å². The molecule has 2 aromatic rings. The lowest BCUT2D eigenvalue weighted by Crippen LogP contribution is -2.30. The third kappa shape index (κ3) is 3.17. The van der Waals surface area contributed by atoms with Crippen molar-refractivity contribution in [2.24, 2.45) is 0 Å². The second kappa shape index (κ2) is 6.31. The highest BCUT2D eigenvalue weighted by atomic mass is 16.5. The van der Waals surface area contributed by atoms with E-state index in [2.05, 4.69) is 29.3 Å². The molecule has 1 atom stereocenters. The van der Waals surface area contributed by atoms with Gasteiger partial charge in [0.1, 0.15) is 0 Å². The first-order valence-corrected chi connectivity index (χ1v) is 6.44. The Morgan fingerprint density at radius 3 is 2.67 bits per heavy atom. The fourth-order valence-electron chi connectivity index (χ4n) is 1.90. The number of likely N-dealkylation sites (N-methyl/N-ethyl adjacent to an activating group) is 1. The van der Waals surface area contributed by atoms with E-state index in [1.165, 1.54) is 0 Å². The van der Waals surface area contributed by atoms with Crippen LogP contribution in [-0.2, 0) is 6.42 Å². The highest BCUT2D eigenvalue weighted by molar-refractivity contribution is 5.53. The Balaban J connectivity index is 2.06. The lowest BCUT2D eigenvalue weighted by molar-refractivity contribution is 0.355. The van der Waals surface area contributed by atoms with Gasteiger partial charge in [-0.25, -0.2) is 0 Å². The van der Waals surface area contributed by atoms with E-state index in [0.717, 1.165) is 24.9 Å². The molecule has 2 rings (SSSR count). The van der Waals surface area contributed by atoms with Gasteiger partial charge in [-0.15, -0.1) is 0 Å². The van der Waals surface area contributed by atoms with E-state index < -0.39 is 0 Å². The third-order valence-corrected chi connectivity index (χ3v) is 2.91. The van der Waals surface area contributed by atoms with Crippen LogP contribution in [0.1, 0.15) is 26.2 Å². The average molecular weight is 245 g/mol.